The molecule has 1 aromatic rings. The first kappa shape index (κ1) is 12.3. The highest BCUT2D eigenvalue weighted by molar-refractivity contribution is 6.37. The van der Waals surface area contributed by atoms with E-state index in [1.165, 1.54) is 6.07 Å². The number of carbonyl (C=O) groups is 1. The van der Waals surface area contributed by atoms with Gasteiger partial charge in [0.05, 0.1) is 10.0 Å². The molecular weight excluding hydrogens is 263 g/mol. The van der Waals surface area contributed by atoms with E-state index < -0.39 is 0 Å². The van der Waals surface area contributed by atoms with Crippen molar-refractivity contribution in [3.05, 3.63) is 16.1 Å². The third-order valence-corrected chi connectivity index (χ3v) is 3.29. The number of amides is 1. The first-order valence-corrected chi connectivity index (χ1v) is 5.87. The lowest BCUT2D eigenvalue weighted by Gasteiger charge is -2.14. The van der Waals surface area contributed by atoms with Crippen LogP contribution in [-0.2, 0) is 4.79 Å². The summed E-state index contributed by atoms with van der Waals surface area (Å²) in [4.78, 5) is 17.4. The summed E-state index contributed by atoms with van der Waals surface area (Å²) in [7, 11) is 1.76. The number of aromatic nitrogens is 1. The van der Waals surface area contributed by atoms with Crippen molar-refractivity contribution in [3.63, 3.8) is 0 Å². The van der Waals surface area contributed by atoms with Gasteiger partial charge >= 0.3 is 0 Å². The number of pyridine rings is 1. The molecule has 17 heavy (non-hydrogen) atoms. The van der Waals surface area contributed by atoms with E-state index >= 15 is 0 Å². The first-order valence-electron chi connectivity index (χ1n) is 5.12. The number of likely N-dealkylation sites (tertiary alicyclic amines) is 1. The Morgan fingerprint density at radius 1 is 1.53 bits per heavy atom. The SMILES string of the molecule is CN1CCC(Nc2nc(N)c(Cl)cc2Cl)C1=O. The highest BCUT2D eigenvalue weighted by atomic mass is 35.5. The van der Waals surface area contributed by atoms with Gasteiger partial charge in [0.15, 0.2) is 0 Å². The van der Waals surface area contributed by atoms with Crippen molar-refractivity contribution < 1.29 is 4.79 Å². The predicted octanol–water partition coefficient (Wildman–Crippen LogP) is 1.61. The molecule has 1 aliphatic rings. The monoisotopic (exact) mass is 274 g/mol. The average molecular weight is 275 g/mol. The summed E-state index contributed by atoms with van der Waals surface area (Å²) in [5, 5.41) is 3.64. The summed E-state index contributed by atoms with van der Waals surface area (Å²) in [6.07, 6.45) is 0.718. The summed E-state index contributed by atoms with van der Waals surface area (Å²) in [6, 6.07) is 1.21. The second kappa shape index (κ2) is 4.58. The average Bonchev–Trinajstić information content (AvgIpc) is 2.58. The molecule has 92 valence electrons. The molecule has 0 radical (unpaired) electrons. The molecule has 0 saturated carbocycles. The van der Waals surface area contributed by atoms with Crippen LogP contribution in [0.25, 0.3) is 0 Å². The van der Waals surface area contributed by atoms with Gasteiger partial charge in [-0.1, -0.05) is 23.2 Å². The van der Waals surface area contributed by atoms with Gasteiger partial charge in [-0.2, -0.15) is 0 Å². The Morgan fingerprint density at radius 3 is 2.82 bits per heavy atom. The molecule has 3 N–H and O–H groups in total. The molecule has 0 bridgehead atoms. The van der Waals surface area contributed by atoms with Crippen LogP contribution in [0.3, 0.4) is 0 Å². The first-order chi connectivity index (χ1) is 7.99. The number of nitrogens with one attached hydrogen (secondary N) is 1. The van der Waals surface area contributed by atoms with Crippen molar-refractivity contribution in [1.82, 2.24) is 9.88 Å². The zero-order valence-corrected chi connectivity index (χ0v) is 10.7. The molecule has 5 nitrogen and oxygen atoms in total. The summed E-state index contributed by atoms with van der Waals surface area (Å²) < 4.78 is 0. The maximum Gasteiger partial charge on any atom is 0.244 e. The molecule has 0 spiro atoms. The second-order valence-corrected chi connectivity index (χ2v) is 4.75. The van der Waals surface area contributed by atoms with Crippen LogP contribution >= 0.6 is 23.2 Å². The summed E-state index contributed by atoms with van der Waals surface area (Å²) in [5.41, 5.74) is 5.59. The standard InChI is InChI=1S/C10H12Cl2N4O/c1-16-3-2-7(10(16)17)14-9-6(12)4-5(11)8(13)15-9/h4,7H,2-3H2,1H3,(H3,13,14,15). The number of halogens is 2. The van der Waals surface area contributed by atoms with Gasteiger partial charge in [0.25, 0.3) is 0 Å². The van der Waals surface area contributed by atoms with Gasteiger partial charge in [0.2, 0.25) is 5.91 Å². The summed E-state index contributed by atoms with van der Waals surface area (Å²) in [6.45, 7) is 0.719. The number of rotatable bonds is 2. The Labute approximate surface area is 109 Å². The number of nitrogens with two attached hydrogens (primary N) is 1. The van der Waals surface area contributed by atoms with Crippen LogP contribution in [0.1, 0.15) is 6.42 Å². The molecule has 2 rings (SSSR count). The van der Waals surface area contributed by atoms with Crippen molar-refractivity contribution in [2.45, 2.75) is 12.5 Å². The molecular formula is C10H12Cl2N4O. The lowest BCUT2D eigenvalue weighted by molar-refractivity contribution is -0.127. The van der Waals surface area contributed by atoms with E-state index in [4.69, 9.17) is 28.9 Å². The van der Waals surface area contributed by atoms with Crippen molar-refractivity contribution in [2.24, 2.45) is 0 Å². The molecule has 2 heterocycles. The number of nitrogens with zero attached hydrogens (tertiary/aromatic N) is 2. The van der Waals surface area contributed by atoms with E-state index in [9.17, 15) is 4.79 Å². The Morgan fingerprint density at radius 2 is 2.24 bits per heavy atom. The lowest BCUT2D eigenvalue weighted by Crippen LogP contribution is -2.31. The lowest BCUT2D eigenvalue weighted by atomic mass is 10.2. The topological polar surface area (TPSA) is 71.2 Å². The number of carbonyl (C=O) groups excluding carboxylic acids is 1. The number of nitrogen functional groups attached to an aromatic ring is 1. The van der Waals surface area contributed by atoms with Gasteiger partial charge in [0, 0.05) is 13.6 Å². The van der Waals surface area contributed by atoms with Gasteiger partial charge < -0.3 is 16.0 Å². The van der Waals surface area contributed by atoms with Crippen LogP contribution in [0, 0.1) is 0 Å². The largest absolute Gasteiger partial charge is 0.382 e. The fourth-order valence-electron chi connectivity index (χ4n) is 1.70. The zero-order chi connectivity index (χ0) is 12.6. The van der Waals surface area contributed by atoms with Crippen molar-refractivity contribution in [3.8, 4) is 0 Å². The minimum atomic E-state index is -0.300. The Kier molecular flexibility index (Phi) is 3.31. The predicted molar refractivity (Wildman–Crippen MR) is 68.3 cm³/mol. The van der Waals surface area contributed by atoms with E-state index in [1.54, 1.807) is 11.9 Å². The van der Waals surface area contributed by atoms with Crippen LogP contribution in [0.15, 0.2) is 6.07 Å². The van der Waals surface area contributed by atoms with Crippen LogP contribution in [0.4, 0.5) is 11.6 Å². The van der Waals surface area contributed by atoms with E-state index in [1.807, 2.05) is 0 Å². The highest BCUT2D eigenvalue weighted by Crippen LogP contribution is 2.28. The number of likely N-dealkylation sites (N-methyl/N-ethyl adjacent to an activating group) is 1. The van der Waals surface area contributed by atoms with Crippen molar-refractivity contribution in [1.29, 1.82) is 0 Å². The van der Waals surface area contributed by atoms with Gasteiger partial charge in [-0.25, -0.2) is 4.98 Å². The Hall–Kier alpha value is -1.20. The third-order valence-electron chi connectivity index (χ3n) is 2.70. The van der Waals surface area contributed by atoms with Gasteiger partial charge in [0.1, 0.15) is 17.7 Å². The smallest absolute Gasteiger partial charge is 0.244 e. The molecule has 1 unspecified atom stereocenters. The summed E-state index contributed by atoms with van der Waals surface area (Å²) >= 11 is 11.8. The number of hydrogen-bond acceptors (Lipinski definition) is 4. The molecule has 1 aromatic heterocycles. The number of hydrogen-bond donors (Lipinski definition) is 2. The fraction of sp³-hybridized carbons (Fsp3) is 0.400. The molecule has 7 heteroatoms. The van der Waals surface area contributed by atoms with Gasteiger partial charge in [-0.15, -0.1) is 0 Å². The Bertz CT molecular complexity index is 466. The zero-order valence-electron chi connectivity index (χ0n) is 9.20. The normalized spacial score (nSPS) is 19.8. The molecule has 1 saturated heterocycles. The second-order valence-electron chi connectivity index (χ2n) is 3.93. The van der Waals surface area contributed by atoms with Crippen molar-refractivity contribution >= 4 is 40.7 Å². The van der Waals surface area contributed by atoms with E-state index in [2.05, 4.69) is 10.3 Å². The number of anilines is 2. The maximum absolute atomic E-state index is 11.7. The van der Waals surface area contributed by atoms with E-state index in [0.29, 0.717) is 15.9 Å². The van der Waals surface area contributed by atoms with Crippen LogP contribution < -0.4 is 11.1 Å². The van der Waals surface area contributed by atoms with E-state index in [-0.39, 0.29) is 17.8 Å². The molecule has 1 atom stereocenters. The Balaban J connectivity index is 2.19. The highest BCUT2D eigenvalue weighted by Gasteiger charge is 2.29. The maximum atomic E-state index is 11.7. The summed E-state index contributed by atoms with van der Waals surface area (Å²) in [5.74, 6) is 0.607. The quantitative estimate of drug-likeness (QED) is 0.860. The minimum Gasteiger partial charge on any atom is -0.382 e. The van der Waals surface area contributed by atoms with Crippen LogP contribution in [-0.4, -0.2) is 35.4 Å². The molecule has 1 amide bonds. The van der Waals surface area contributed by atoms with Crippen molar-refractivity contribution in [2.75, 3.05) is 24.6 Å². The molecule has 1 fully saturated rings. The fourth-order valence-corrected chi connectivity index (χ4v) is 2.12. The van der Waals surface area contributed by atoms with Gasteiger partial charge in [-0.3, -0.25) is 4.79 Å². The molecule has 0 aliphatic carbocycles. The van der Waals surface area contributed by atoms with Crippen LogP contribution in [0.5, 0.6) is 0 Å². The molecule has 1 aliphatic heterocycles. The van der Waals surface area contributed by atoms with E-state index in [0.717, 1.165) is 13.0 Å². The minimum absolute atomic E-state index is 0.0244. The molecule has 0 aromatic carbocycles. The third kappa shape index (κ3) is 2.40. The van der Waals surface area contributed by atoms with Crippen LogP contribution in [0.2, 0.25) is 10.0 Å². The van der Waals surface area contributed by atoms with Gasteiger partial charge in [-0.05, 0) is 12.5 Å².